The molecular formula is C13H15NO3. The molecule has 1 aliphatic carbocycles. The molecule has 1 N–H and O–H groups in total. The van der Waals surface area contributed by atoms with Gasteiger partial charge >= 0.3 is 5.97 Å². The number of allylic oxidation sites excluding steroid dienone is 2. The second kappa shape index (κ2) is 4.20. The largest absolute Gasteiger partial charge is 0.477 e. The number of nitrogens with zero attached hydrogens (tertiary/aromatic N) is 1. The van der Waals surface area contributed by atoms with E-state index < -0.39 is 5.97 Å². The van der Waals surface area contributed by atoms with Gasteiger partial charge in [0.2, 0.25) is 0 Å². The molecule has 1 unspecified atom stereocenters. The number of carboxylic acid groups (broad SMARTS) is 1. The lowest BCUT2D eigenvalue weighted by atomic mass is 10.0. The van der Waals surface area contributed by atoms with E-state index in [1.54, 1.807) is 4.57 Å². The summed E-state index contributed by atoms with van der Waals surface area (Å²) in [6.45, 7) is 3.79. The van der Waals surface area contributed by atoms with E-state index >= 15 is 0 Å². The Hall–Kier alpha value is -1.84. The van der Waals surface area contributed by atoms with E-state index in [0.717, 1.165) is 24.1 Å². The van der Waals surface area contributed by atoms with Crippen LogP contribution >= 0.6 is 0 Å². The standard InChI is InChI=1S/C13H15NO3/c1-3-11-8(2)10(7-15)12(13(16)17)14(11)9-5-4-6-9/h4-5,7,9H,3,6H2,1-2H3,(H,16,17). The molecule has 2 rings (SSSR count). The Balaban J connectivity index is 2.72. The maximum absolute atomic E-state index is 11.3. The Bertz CT molecular complexity index is 511. The Morgan fingerprint density at radius 3 is 2.65 bits per heavy atom. The molecule has 0 amide bonds. The van der Waals surface area contributed by atoms with Gasteiger partial charge in [-0.15, -0.1) is 0 Å². The van der Waals surface area contributed by atoms with Crippen molar-refractivity contribution in [3.63, 3.8) is 0 Å². The van der Waals surface area contributed by atoms with Crippen LogP contribution in [-0.2, 0) is 6.42 Å². The minimum atomic E-state index is -1.03. The van der Waals surface area contributed by atoms with E-state index in [4.69, 9.17) is 0 Å². The lowest BCUT2D eigenvalue weighted by molar-refractivity contribution is 0.0680. The number of aromatic nitrogens is 1. The third-order valence-corrected chi connectivity index (χ3v) is 3.35. The van der Waals surface area contributed by atoms with Crippen molar-refractivity contribution in [1.29, 1.82) is 0 Å². The minimum Gasteiger partial charge on any atom is -0.477 e. The van der Waals surface area contributed by atoms with Gasteiger partial charge in [-0.05, 0) is 25.3 Å². The molecule has 0 spiro atoms. The summed E-state index contributed by atoms with van der Waals surface area (Å²) in [6.07, 6.45) is 6.19. The summed E-state index contributed by atoms with van der Waals surface area (Å²) in [5.74, 6) is -1.03. The van der Waals surface area contributed by atoms with Crippen LogP contribution in [0.5, 0.6) is 0 Å². The van der Waals surface area contributed by atoms with Crippen molar-refractivity contribution >= 4 is 12.3 Å². The van der Waals surface area contributed by atoms with E-state index in [2.05, 4.69) is 0 Å². The molecule has 1 aliphatic rings. The second-order valence-electron chi connectivity index (χ2n) is 4.21. The molecule has 0 saturated carbocycles. The Labute approximate surface area is 99.6 Å². The molecule has 1 aromatic rings. The van der Waals surface area contributed by atoms with Crippen LogP contribution < -0.4 is 0 Å². The maximum atomic E-state index is 11.3. The van der Waals surface area contributed by atoms with Gasteiger partial charge in [-0.25, -0.2) is 4.79 Å². The summed E-state index contributed by atoms with van der Waals surface area (Å²) in [6, 6.07) is 0.0865. The summed E-state index contributed by atoms with van der Waals surface area (Å²) >= 11 is 0. The molecule has 4 nitrogen and oxygen atoms in total. The fraction of sp³-hybridized carbons (Fsp3) is 0.385. The molecule has 1 aromatic heterocycles. The van der Waals surface area contributed by atoms with Crippen LogP contribution in [0.3, 0.4) is 0 Å². The van der Waals surface area contributed by atoms with E-state index in [-0.39, 0.29) is 11.7 Å². The fourth-order valence-electron chi connectivity index (χ4n) is 2.39. The topological polar surface area (TPSA) is 59.3 Å². The molecule has 0 aromatic carbocycles. The number of aldehydes is 1. The zero-order chi connectivity index (χ0) is 12.6. The van der Waals surface area contributed by atoms with Gasteiger partial charge in [0.25, 0.3) is 0 Å². The summed E-state index contributed by atoms with van der Waals surface area (Å²) in [5, 5.41) is 9.28. The highest BCUT2D eigenvalue weighted by Crippen LogP contribution is 2.32. The zero-order valence-electron chi connectivity index (χ0n) is 9.93. The van der Waals surface area contributed by atoms with Crippen molar-refractivity contribution < 1.29 is 14.7 Å². The number of carboxylic acids is 1. The molecule has 0 saturated heterocycles. The zero-order valence-corrected chi connectivity index (χ0v) is 9.93. The van der Waals surface area contributed by atoms with Crippen molar-refractivity contribution in [2.24, 2.45) is 0 Å². The van der Waals surface area contributed by atoms with Crippen LogP contribution in [0.4, 0.5) is 0 Å². The molecule has 1 heterocycles. The number of hydrogen-bond donors (Lipinski definition) is 1. The quantitative estimate of drug-likeness (QED) is 0.641. The lowest BCUT2D eigenvalue weighted by Gasteiger charge is -2.24. The predicted molar refractivity (Wildman–Crippen MR) is 63.7 cm³/mol. The monoisotopic (exact) mass is 233 g/mol. The first-order chi connectivity index (χ1) is 8.11. The third-order valence-electron chi connectivity index (χ3n) is 3.35. The first-order valence-electron chi connectivity index (χ1n) is 5.70. The van der Waals surface area contributed by atoms with Crippen molar-refractivity contribution in [1.82, 2.24) is 4.57 Å². The van der Waals surface area contributed by atoms with E-state index in [0.29, 0.717) is 11.8 Å². The average Bonchev–Trinajstić information content (AvgIpc) is 2.48. The molecule has 0 aliphatic heterocycles. The number of carbonyl (C=O) groups excluding carboxylic acids is 1. The van der Waals surface area contributed by atoms with Gasteiger partial charge in [0.1, 0.15) is 5.69 Å². The van der Waals surface area contributed by atoms with Gasteiger partial charge in [0, 0.05) is 5.69 Å². The number of carbonyl (C=O) groups is 2. The first-order valence-corrected chi connectivity index (χ1v) is 5.70. The van der Waals surface area contributed by atoms with Crippen LogP contribution in [0.2, 0.25) is 0 Å². The third kappa shape index (κ3) is 1.60. The molecule has 0 fully saturated rings. The first kappa shape index (κ1) is 11.6. The summed E-state index contributed by atoms with van der Waals surface area (Å²) in [7, 11) is 0. The van der Waals surface area contributed by atoms with Gasteiger partial charge < -0.3 is 9.67 Å². The van der Waals surface area contributed by atoms with Gasteiger partial charge in [-0.2, -0.15) is 0 Å². The van der Waals surface area contributed by atoms with Gasteiger partial charge in [-0.1, -0.05) is 19.1 Å². The van der Waals surface area contributed by atoms with Gasteiger partial charge in [0.15, 0.2) is 6.29 Å². The summed E-state index contributed by atoms with van der Waals surface area (Å²) in [4.78, 5) is 22.4. The molecule has 1 atom stereocenters. The highest BCUT2D eigenvalue weighted by atomic mass is 16.4. The van der Waals surface area contributed by atoms with Crippen molar-refractivity contribution in [2.75, 3.05) is 0 Å². The van der Waals surface area contributed by atoms with Crippen LogP contribution in [-0.4, -0.2) is 21.9 Å². The normalized spacial score (nSPS) is 17.9. The summed E-state index contributed by atoms with van der Waals surface area (Å²) < 4.78 is 1.79. The van der Waals surface area contributed by atoms with Crippen LogP contribution in [0.25, 0.3) is 0 Å². The average molecular weight is 233 g/mol. The van der Waals surface area contributed by atoms with Crippen molar-refractivity contribution in [3.8, 4) is 0 Å². The Morgan fingerprint density at radius 1 is 1.65 bits per heavy atom. The van der Waals surface area contributed by atoms with Crippen molar-refractivity contribution in [2.45, 2.75) is 32.7 Å². The minimum absolute atomic E-state index is 0.0865. The molecule has 17 heavy (non-hydrogen) atoms. The highest BCUT2D eigenvalue weighted by Gasteiger charge is 2.28. The molecular weight excluding hydrogens is 218 g/mol. The number of aromatic carboxylic acids is 1. The number of hydrogen-bond acceptors (Lipinski definition) is 2. The Morgan fingerprint density at radius 2 is 2.29 bits per heavy atom. The van der Waals surface area contributed by atoms with E-state index in [9.17, 15) is 14.7 Å². The SMILES string of the molecule is CCc1c(C)c(C=O)c(C(=O)O)n1C1C=CC1. The summed E-state index contributed by atoms with van der Waals surface area (Å²) in [5.41, 5.74) is 2.18. The van der Waals surface area contributed by atoms with E-state index in [1.165, 1.54) is 0 Å². The van der Waals surface area contributed by atoms with Gasteiger partial charge in [-0.3, -0.25) is 4.79 Å². The predicted octanol–water partition coefficient (Wildman–Crippen LogP) is 2.37. The molecule has 4 heteroatoms. The second-order valence-corrected chi connectivity index (χ2v) is 4.21. The Kier molecular flexibility index (Phi) is 2.88. The smallest absolute Gasteiger partial charge is 0.353 e. The van der Waals surface area contributed by atoms with Gasteiger partial charge in [0.05, 0.1) is 11.6 Å². The molecule has 90 valence electrons. The maximum Gasteiger partial charge on any atom is 0.353 e. The van der Waals surface area contributed by atoms with Crippen LogP contribution in [0.1, 0.15) is 51.5 Å². The fourth-order valence-corrected chi connectivity index (χ4v) is 2.39. The molecule has 0 radical (unpaired) electrons. The van der Waals surface area contributed by atoms with E-state index in [1.807, 2.05) is 26.0 Å². The molecule has 0 bridgehead atoms. The van der Waals surface area contributed by atoms with Crippen molar-refractivity contribution in [3.05, 3.63) is 34.7 Å². The highest BCUT2D eigenvalue weighted by molar-refractivity contribution is 5.97. The number of rotatable bonds is 4. The lowest BCUT2D eigenvalue weighted by Crippen LogP contribution is -2.19. The van der Waals surface area contributed by atoms with Crippen LogP contribution in [0.15, 0.2) is 12.2 Å². The van der Waals surface area contributed by atoms with Crippen LogP contribution in [0, 0.1) is 6.92 Å².